The third-order valence-electron chi connectivity index (χ3n) is 4.83. The van der Waals surface area contributed by atoms with Crippen LogP contribution in [0.2, 0.25) is 0 Å². The van der Waals surface area contributed by atoms with Crippen molar-refractivity contribution in [3.05, 3.63) is 55.1 Å². The summed E-state index contributed by atoms with van der Waals surface area (Å²) in [6, 6.07) is 13.1. The molecule has 2 aliphatic rings. The number of hydrogen-bond donors (Lipinski definition) is 1. The van der Waals surface area contributed by atoms with E-state index in [1.165, 1.54) is 0 Å². The lowest BCUT2D eigenvalue weighted by Crippen LogP contribution is -2.28. The Morgan fingerprint density at radius 3 is 2.83 bits per heavy atom. The Kier molecular flexibility index (Phi) is 5.76. The predicted octanol–water partition coefficient (Wildman–Crippen LogP) is 3.73. The summed E-state index contributed by atoms with van der Waals surface area (Å²) < 4.78 is 11.1. The summed E-state index contributed by atoms with van der Waals surface area (Å²) in [4.78, 5) is 28.0. The van der Waals surface area contributed by atoms with Gasteiger partial charge in [-0.2, -0.15) is 0 Å². The van der Waals surface area contributed by atoms with Crippen molar-refractivity contribution < 1.29 is 19.1 Å². The second kappa shape index (κ2) is 8.61. The molecule has 1 fully saturated rings. The highest BCUT2D eigenvalue weighted by Gasteiger charge is 2.35. The van der Waals surface area contributed by atoms with Crippen molar-refractivity contribution in [1.82, 2.24) is 0 Å². The van der Waals surface area contributed by atoms with E-state index in [4.69, 9.17) is 9.47 Å². The average molecular weight is 410 g/mol. The van der Waals surface area contributed by atoms with Crippen LogP contribution >= 0.6 is 11.8 Å². The largest absolute Gasteiger partial charge is 0.486 e. The predicted molar refractivity (Wildman–Crippen MR) is 114 cm³/mol. The van der Waals surface area contributed by atoms with Crippen LogP contribution in [0.4, 0.5) is 11.4 Å². The Hall–Kier alpha value is -2.93. The molecule has 0 radical (unpaired) electrons. The van der Waals surface area contributed by atoms with Crippen LogP contribution in [0.1, 0.15) is 6.42 Å². The highest BCUT2D eigenvalue weighted by Crippen LogP contribution is 2.36. The minimum absolute atomic E-state index is 0.0730. The lowest BCUT2D eigenvalue weighted by Gasteiger charge is -2.22. The molecule has 0 aliphatic carbocycles. The minimum atomic E-state index is -0.409. The minimum Gasteiger partial charge on any atom is -0.486 e. The van der Waals surface area contributed by atoms with Gasteiger partial charge in [0.2, 0.25) is 11.8 Å². The first-order valence-electron chi connectivity index (χ1n) is 9.49. The van der Waals surface area contributed by atoms with Crippen LogP contribution in [0.3, 0.4) is 0 Å². The number of benzene rings is 2. The smallest absolute Gasteiger partial charge is 0.229 e. The quantitative estimate of drug-likeness (QED) is 0.581. The number of hydrogen-bond acceptors (Lipinski definition) is 5. The van der Waals surface area contributed by atoms with Crippen LogP contribution in [0.15, 0.2) is 60.0 Å². The highest BCUT2D eigenvalue weighted by atomic mass is 32.2. The fourth-order valence-corrected chi connectivity index (χ4v) is 4.16. The Bertz CT molecular complexity index is 946. The van der Waals surface area contributed by atoms with Crippen molar-refractivity contribution in [2.24, 2.45) is 5.92 Å². The first-order valence-corrected chi connectivity index (χ1v) is 10.5. The SMILES string of the molecule is C=CCSc1ccccc1NC(=O)C1CC(=O)N(c2ccc3c(c2)OCCO3)C1. The van der Waals surface area contributed by atoms with E-state index in [0.29, 0.717) is 31.3 Å². The maximum atomic E-state index is 12.8. The summed E-state index contributed by atoms with van der Waals surface area (Å²) in [6.07, 6.45) is 2.01. The molecule has 2 aliphatic heterocycles. The van der Waals surface area contributed by atoms with Crippen molar-refractivity contribution in [1.29, 1.82) is 0 Å². The van der Waals surface area contributed by atoms with E-state index in [1.54, 1.807) is 28.8 Å². The van der Waals surface area contributed by atoms with Gasteiger partial charge in [0.05, 0.1) is 11.6 Å². The van der Waals surface area contributed by atoms with Crippen molar-refractivity contribution in [3.8, 4) is 11.5 Å². The standard InChI is InChI=1S/C22H22N2O4S/c1-2-11-29-20-6-4-3-5-17(20)23-22(26)15-12-21(25)24(14-15)16-7-8-18-19(13-16)28-10-9-27-18/h2-8,13,15H,1,9-12,14H2,(H,23,26). The van der Waals surface area contributed by atoms with Crippen LogP contribution in [-0.4, -0.2) is 37.3 Å². The van der Waals surface area contributed by atoms with E-state index in [-0.39, 0.29) is 18.2 Å². The molecule has 150 valence electrons. The van der Waals surface area contributed by atoms with E-state index >= 15 is 0 Å². The zero-order valence-electron chi connectivity index (χ0n) is 15.9. The third kappa shape index (κ3) is 4.24. The Balaban J connectivity index is 1.45. The maximum absolute atomic E-state index is 12.8. The second-order valence-electron chi connectivity index (χ2n) is 6.82. The highest BCUT2D eigenvalue weighted by molar-refractivity contribution is 7.99. The molecule has 0 saturated carbocycles. The fraction of sp³-hybridized carbons (Fsp3) is 0.273. The maximum Gasteiger partial charge on any atom is 0.229 e. The number of carbonyl (C=O) groups excluding carboxylic acids is 2. The number of thioether (sulfide) groups is 1. The number of ether oxygens (including phenoxy) is 2. The van der Waals surface area contributed by atoms with Gasteiger partial charge in [0, 0.05) is 35.4 Å². The van der Waals surface area contributed by atoms with Gasteiger partial charge < -0.3 is 19.7 Å². The van der Waals surface area contributed by atoms with Gasteiger partial charge >= 0.3 is 0 Å². The summed E-state index contributed by atoms with van der Waals surface area (Å²) >= 11 is 1.61. The molecule has 0 aromatic heterocycles. The molecule has 6 nitrogen and oxygen atoms in total. The number of carbonyl (C=O) groups is 2. The van der Waals surface area contributed by atoms with E-state index in [1.807, 2.05) is 36.4 Å². The molecular formula is C22H22N2O4S. The van der Waals surface area contributed by atoms with E-state index < -0.39 is 5.92 Å². The van der Waals surface area contributed by atoms with Crippen LogP contribution < -0.4 is 19.7 Å². The van der Waals surface area contributed by atoms with Crippen LogP contribution in [0, 0.1) is 5.92 Å². The molecule has 1 N–H and O–H groups in total. The Labute approximate surface area is 173 Å². The first kappa shape index (κ1) is 19.4. The van der Waals surface area contributed by atoms with Crippen molar-refractivity contribution in [2.45, 2.75) is 11.3 Å². The number of nitrogens with zero attached hydrogens (tertiary/aromatic N) is 1. The van der Waals surface area contributed by atoms with E-state index in [0.717, 1.165) is 22.0 Å². The lowest BCUT2D eigenvalue weighted by molar-refractivity contribution is -0.122. The zero-order valence-corrected chi connectivity index (χ0v) is 16.7. The summed E-state index contributed by atoms with van der Waals surface area (Å²) in [7, 11) is 0. The molecule has 2 amide bonds. The van der Waals surface area contributed by atoms with Crippen LogP contribution in [0.25, 0.3) is 0 Å². The van der Waals surface area contributed by atoms with Gasteiger partial charge in [-0.3, -0.25) is 9.59 Å². The first-order chi connectivity index (χ1) is 14.2. The van der Waals surface area contributed by atoms with Gasteiger partial charge in [-0.1, -0.05) is 18.2 Å². The Morgan fingerprint density at radius 1 is 1.21 bits per heavy atom. The van der Waals surface area contributed by atoms with Gasteiger partial charge in [-0.25, -0.2) is 0 Å². The van der Waals surface area contributed by atoms with Gasteiger partial charge in [-0.15, -0.1) is 18.3 Å². The summed E-state index contributed by atoms with van der Waals surface area (Å²) in [5.74, 6) is 1.43. The van der Waals surface area contributed by atoms with Gasteiger partial charge in [0.15, 0.2) is 11.5 Å². The number of nitrogens with one attached hydrogen (secondary N) is 1. The number of para-hydroxylation sites is 1. The lowest BCUT2D eigenvalue weighted by atomic mass is 10.1. The summed E-state index contributed by atoms with van der Waals surface area (Å²) in [6.45, 7) is 5.08. The van der Waals surface area contributed by atoms with Gasteiger partial charge in [-0.05, 0) is 24.3 Å². The molecule has 1 atom stereocenters. The number of rotatable bonds is 6. The molecule has 29 heavy (non-hydrogen) atoms. The second-order valence-corrected chi connectivity index (χ2v) is 7.88. The number of fused-ring (bicyclic) bond motifs is 1. The topological polar surface area (TPSA) is 67.9 Å². The van der Waals surface area contributed by atoms with Crippen molar-refractivity contribution in [2.75, 3.05) is 35.7 Å². The van der Waals surface area contributed by atoms with Crippen LogP contribution in [0.5, 0.6) is 11.5 Å². The van der Waals surface area contributed by atoms with E-state index in [9.17, 15) is 9.59 Å². The van der Waals surface area contributed by atoms with E-state index in [2.05, 4.69) is 11.9 Å². The number of amides is 2. The normalized spacial score (nSPS) is 17.9. The fourth-order valence-electron chi connectivity index (χ4n) is 3.41. The van der Waals surface area contributed by atoms with Gasteiger partial charge in [0.1, 0.15) is 13.2 Å². The van der Waals surface area contributed by atoms with Crippen LogP contribution in [-0.2, 0) is 9.59 Å². The zero-order chi connectivity index (χ0) is 20.2. The molecule has 7 heteroatoms. The van der Waals surface area contributed by atoms with Crippen molar-refractivity contribution in [3.63, 3.8) is 0 Å². The molecule has 2 aromatic rings. The average Bonchev–Trinajstić information content (AvgIpc) is 3.14. The Morgan fingerprint density at radius 2 is 2.00 bits per heavy atom. The molecule has 2 aromatic carbocycles. The molecule has 0 spiro atoms. The number of anilines is 2. The molecular weight excluding hydrogens is 388 g/mol. The molecule has 4 rings (SSSR count). The van der Waals surface area contributed by atoms with Crippen molar-refractivity contribution >= 4 is 35.0 Å². The van der Waals surface area contributed by atoms with Gasteiger partial charge in [0.25, 0.3) is 0 Å². The molecule has 2 heterocycles. The molecule has 1 unspecified atom stereocenters. The summed E-state index contributed by atoms with van der Waals surface area (Å²) in [5, 5.41) is 2.99. The monoisotopic (exact) mass is 410 g/mol. The third-order valence-corrected chi connectivity index (χ3v) is 5.90. The molecule has 0 bridgehead atoms. The summed E-state index contributed by atoms with van der Waals surface area (Å²) in [5.41, 5.74) is 1.48. The molecule has 1 saturated heterocycles.